The number of halogens is 3. The Labute approximate surface area is 85.6 Å². The van der Waals surface area contributed by atoms with Crippen LogP contribution in [0.1, 0.15) is 29.9 Å². The standard InChI is InChI=1S/C10H8BF3N/c12-11(13,14)10-4-1-7(6-15)5-9(10)8-2-3-8/h1,4-5,8H,2-3H2/q-1. The van der Waals surface area contributed by atoms with Crippen molar-refractivity contribution in [3.63, 3.8) is 0 Å². The van der Waals surface area contributed by atoms with Crippen LogP contribution < -0.4 is 5.46 Å². The molecule has 0 bridgehead atoms. The van der Waals surface area contributed by atoms with Crippen molar-refractivity contribution in [3.8, 4) is 6.07 Å². The van der Waals surface area contributed by atoms with Crippen molar-refractivity contribution in [2.45, 2.75) is 18.8 Å². The van der Waals surface area contributed by atoms with Gasteiger partial charge < -0.3 is 12.9 Å². The van der Waals surface area contributed by atoms with Crippen LogP contribution in [-0.2, 0) is 0 Å². The van der Waals surface area contributed by atoms with E-state index in [4.69, 9.17) is 5.26 Å². The van der Waals surface area contributed by atoms with E-state index in [0.29, 0.717) is 11.1 Å². The van der Waals surface area contributed by atoms with E-state index in [1.807, 2.05) is 6.07 Å². The molecule has 1 aromatic carbocycles. The van der Waals surface area contributed by atoms with Gasteiger partial charge in [-0.3, -0.25) is 0 Å². The van der Waals surface area contributed by atoms with Gasteiger partial charge in [0.2, 0.25) is 0 Å². The Bertz CT molecular complexity index is 429. The molecule has 0 heterocycles. The van der Waals surface area contributed by atoms with Gasteiger partial charge in [-0.05, 0) is 30.9 Å². The maximum atomic E-state index is 12.7. The molecule has 0 atom stereocenters. The largest absolute Gasteiger partial charge is 0.509 e. The summed E-state index contributed by atoms with van der Waals surface area (Å²) < 4.78 is 38.0. The van der Waals surface area contributed by atoms with Gasteiger partial charge in [-0.1, -0.05) is 11.6 Å². The Kier molecular flexibility index (Phi) is 2.22. The molecule has 0 unspecified atom stereocenters. The number of benzene rings is 1. The average molecular weight is 210 g/mol. The summed E-state index contributed by atoms with van der Waals surface area (Å²) in [5.41, 5.74) is 0.0822. The molecule has 0 saturated heterocycles. The maximum absolute atomic E-state index is 12.7. The molecule has 0 aromatic heterocycles. The van der Waals surface area contributed by atoms with Gasteiger partial charge in [-0.15, -0.1) is 5.46 Å². The highest BCUT2D eigenvalue weighted by molar-refractivity contribution is 6.74. The fourth-order valence-electron chi connectivity index (χ4n) is 1.69. The summed E-state index contributed by atoms with van der Waals surface area (Å²) in [6, 6.07) is 5.51. The fourth-order valence-corrected chi connectivity index (χ4v) is 1.69. The molecule has 1 saturated carbocycles. The predicted molar refractivity (Wildman–Crippen MR) is 51.8 cm³/mol. The molecule has 1 nitrogen and oxygen atoms in total. The van der Waals surface area contributed by atoms with Gasteiger partial charge in [-0.25, -0.2) is 0 Å². The highest BCUT2D eigenvalue weighted by Gasteiger charge is 2.34. The van der Waals surface area contributed by atoms with E-state index in [2.05, 4.69) is 0 Å². The maximum Gasteiger partial charge on any atom is 0.509 e. The highest BCUT2D eigenvalue weighted by atomic mass is 19.4. The Morgan fingerprint density at radius 3 is 2.40 bits per heavy atom. The molecule has 0 amide bonds. The van der Waals surface area contributed by atoms with E-state index >= 15 is 0 Å². The van der Waals surface area contributed by atoms with Crippen molar-refractivity contribution in [2.24, 2.45) is 0 Å². The first kappa shape index (κ1) is 10.1. The second-order valence-electron chi connectivity index (χ2n) is 3.80. The van der Waals surface area contributed by atoms with Crippen LogP contribution in [-0.4, -0.2) is 6.98 Å². The third-order valence-electron chi connectivity index (χ3n) is 2.59. The molecular formula is C10H8BF3N-. The zero-order valence-corrected chi connectivity index (χ0v) is 7.88. The summed E-state index contributed by atoms with van der Waals surface area (Å²) in [5.74, 6) is 0.0109. The average Bonchev–Trinajstić information content (AvgIpc) is 2.98. The van der Waals surface area contributed by atoms with Crippen molar-refractivity contribution in [2.75, 3.05) is 0 Å². The second-order valence-corrected chi connectivity index (χ2v) is 3.80. The predicted octanol–water partition coefficient (Wildman–Crippen LogP) is 2.49. The van der Waals surface area contributed by atoms with Crippen LogP contribution in [0.25, 0.3) is 0 Å². The van der Waals surface area contributed by atoms with Crippen molar-refractivity contribution >= 4 is 12.4 Å². The second kappa shape index (κ2) is 3.30. The molecule has 0 N–H and O–H groups in total. The monoisotopic (exact) mass is 210 g/mol. The molecule has 78 valence electrons. The minimum Gasteiger partial charge on any atom is -0.445 e. The lowest BCUT2D eigenvalue weighted by Gasteiger charge is -2.19. The molecule has 0 radical (unpaired) electrons. The van der Waals surface area contributed by atoms with Crippen LogP contribution in [0, 0.1) is 11.3 Å². The number of hydrogen-bond donors (Lipinski definition) is 0. The van der Waals surface area contributed by atoms with E-state index < -0.39 is 12.4 Å². The van der Waals surface area contributed by atoms with Crippen LogP contribution in [0.3, 0.4) is 0 Å². The Morgan fingerprint density at radius 2 is 1.93 bits per heavy atom. The van der Waals surface area contributed by atoms with Gasteiger partial charge in [-0.2, -0.15) is 5.26 Å². The molecule has 1 aromatic rings. The zero-order valence-electron chi connectivity index (χ0n) is 7.88. The summed E-state index contributed by atoms with van der Waals surface area (Å²) in [4.78, 5) is 0. The number of rotatable bonds is 2. The van der Waals surface area contributed by atoms with E-state index in [9.17, 15) is 12.9 Å². The van der Waals surface area contributed by atoms with Gasteiger partial charge in [0.25, 0.3) is 0 Å². The minimum atomic E-state index is -4.96. The van der Waals surface area contributed by atoms with Crippen molar-refractivity contribution in [1.82, 2.24) is 0 Å². The van der Waals surface area contributed by atoms with Gasteiger partial charge >= 0.3 is 6.98 Å². The summed E-state index contributed by atoms with van der Waals surface area (Å²) in [5, 5.41) is 8.63. The third kappa shape index (κ3) is 1.99. The van der Waals surface area contributed by atoms with Crippen LogP contribution in [0.5, 0.6) is 0 Å². The van der Waals surface area contributed by atoms with Crippen molar-refractivity contribution in [1.29, 1.82) is 5.26 Å². The Balaban J connectivity index is 2.50. The molecule has 0 aliphatic heterocycles. The topological polar surface area (TPSA) is 23.8 Å². The SMILES string of the molecule is N#Cc1ccc([B-](F)(F)F)c(C2CC2)c1. The van der Waals surface area contributed by atoms with E-state index in [-0.39, 0.29) is 5.92 Å². The highest BCUT2D eigenvalue weighted by Crippen LogP contribution is 2.40. The lowest BCUT2D eigenvalue weighted by atomic mass is 9.75. The first-order valence-electron chi connectivity index (χ1n) is 4.76. The summed E-state index contributed by atoms with van der Waals surface area (Å²) in [6.07, 6.45) is 1.60. The van der Waals surface area contributed by atoms with Crippen LogP contribution in [0.2, 0.25) is 0 Å². The summed E-state index contributed by atoms with van der Waals surface area (Å²) in [7, 11) is 0. The van der Waals surface area contributed by atoms with Crippen LogP contribution in [0.15, 0.2) is 18.2 Å². The lowest BCUT2D eigenvalue weighted by molar-refractivity contribution is 0.500. The number of hydrogen-bond acceptors (Lipinski definition) is 1. The normalized spacial score (nSPS) is 16.1. The van der Waals surface area contributed by atoms with Gasteiger partial charge in [0.15, 0.2) is 0 Å². The molecule has 1 fully saturated rings. The quantitative estimate of drug-likeness (QED) is 0.687. The zero-order chi connectivity index (χ0) is 11.1. The molecule has 2 rings (SSSR count). The first-order chi connectivity index (χ1) is 7.02. The van der Waals surface area contributed by atoms with E-state index in [0.717, 1.165) is 18.9 Å². The molecule has 15 heavy (non-hydrogen) atoms. The van der Waals surface area contributed by atoms with Crippen LogP contribution in [0.4, 0.5) is 12.9 Å². The molecule has 0 spiro atoms. The molecule has 1 aliphatic rings. The number of nitriles is 1. The molecule has 1 aliphatic carbocycles. The smallest absolute Gasteiger partial charge is 0.445 e. The summed E-state index contributed by atoms with van der Waals surface area (Å²) in [6.45, 7) is -4.96. The Hall–Kier alpha value is -1.44. The lowest BCUT2D eigenvalue weighted by Crippen LogP contribution is -2.36. The molecular weight excluding hydrogens is 202 g/mol. The van der Waals surface area contributed by atoms with E-state index in [1.54, 1.807) is 0 Å². The molecule has 5 heteroatoms. The van der Waals surface area contributed by atoms with Crippen molar-refractivity contribution in [3.05, 3.63) is 29.3 Å². The fraction of sp³-hybridized carbons (Fsp3) is 0.300. The van der Waals surface area contributed by atoms with Crippen molar-refractivity contribution < 1.29 is 12.9 Å². The first-order valence-corrected chi connectivity index (χ1v) is 4.76. The van der Waals surface area contributed by atoms with E-state index in [1.165, 1.54) is 12.1 Å². The number of nitrogens with zero attached hydrogens (tertiary/aromatic N) is 1. The van der Waals surface area contributed by atoms with Gasteiger partial charge in [0.05, 0.1) is 11.6 Å². The Morgan fingerprint density at radius 1 is 1.27 bits per heavy atom. The van der Waals surface area contributed by atoms with Crippen LogP contribution >= 0.6 is 0 Å². The summed E-state index contributed by atoms with van der Waals surface area (Å²) >= 11 is 0. The minimum absolute atomic E-state index is 0.0109. The van der Waals surface area contributed by atoms with Gasteiger partial charge in [0.1, 0.15) is 0 Å². The third-order valence-corrected chi connectivity index (χ3v) is 2.59. The van der Waals surface area contributed by atoms with Gasteiger partial charge in [0, 0.05) is 0 Å².